The minimum atomic E-state index is -4.40. The van der Waals surface area contributed by atoms with E-state index < -0.39 is 17.8 Å². The summed E-state index contributed by atoms with van der Waals surface area (Å²) in [6.07, 6.45) is -2.85. The van der Waals surface area contributed by atoms with Gasteiger partial charge in [-0.1, -0.05) is 0 Å². The summed E-state index contributed by atoms with van der Waals surface area (Å²) in [5.41, 5.74) is 0.414. The zero-order valence-corrected chi connectivity index (χ0v) is 11.0. The van der Waals surface area contributed by atoms with Crippen LogP contribution in [0.25, 0.3) is 0 Å². The number of amides is 2. The molecule has 2 aromatic rings. The molecule has 4 nitrogen and oxygen atoms in total. The maximum atomic E-state index is 12.4. The molecule has 7 heteroatoms. The maximum Gasteiger partial charge on any atom is 0.416 e. The molecule has 2 rings (SSSR count). The van der Waals surface area contributed by atoms with Crippen molar-refractivity contribution >= 4 is 17.5 Å². The number of hydrogen-bond acceptors (Lipinski definition) is 2. The molecule has 1 heterocycles. The summed E-state index contributed by atoms with van der Waals surface area (Å²) in [6.45, 7) is 1.85. The normalized spacial score (nSPS) is 11.0. The van der Waals surface area contributed by atoms with E-state index in [1.807, 2.05) is 6.92 Å². The molecule has 0 atom stereocenters. The second-order valence-corrected chi connectivity index (χ2v) is 4.37. The second-order valence-electron chi connectivity index (χ2n) is 4.37. The van der Waals surface area contributed by atoms with Gasteiger partial charge in [-0.3, -0.25) is 5.32 Å². The Labute approximate surface area is 119 Å². The molecule has 2 amide bonds. The SMILES string of the molecule is Cc1ccnc(NC(=O)Nc2ccc(C(F)(F)F)cc2)c1. The quantitative estimate of drug-likeness (QED) is 0.878. The van der Waals surface area contributed by atoms with Gasteiger partial charge in [-0.25, -0.2) is 9.78 Å². The minimum absolute atomic E-state index is 0.258. The Kier molecular flexibility index (Phi) is 4.11. The van der Waals surface area contributed by atoms with Crippen LogP contribution in [0.1, 0.15) is 11.1 Å². The summed E-state index contributed by atoms with van der Waals surface area (Å²) in [5.74, 6) is 0.361. The van der Waals surface area contributed by atoms with E-state index >= 15 is 0 Å². The van der Waals surface area contributed by atoms with Crippen molar-refractivity contribution < 1.29 is 18.0 Å². The summed E-state index contributed by atoms with van der Waals surface area (Å²) in [7, 11) is 0. The number of urea groups is 1. The number of anilines is 2. The topological polar surface area (TPSA) is 54.0 Å². The molecule has 0 aliphatic heterocycles. The van der Waals surface area contributed by atoms with Crippen LogP contribution in [0.3, 0.4) is 0 Å². The van der Waals surface area contributed by atoms with Crippen LogP contribution in [0.5, 0.6) is 0 Å². The van der Waals surface area contributed by atoms with Gasteiger partial charge in [-0.05, 0) is 48.9 Å². The smallest absolute Gasteiger partial charge is 0.308 e. The number of halogens is 3. The zero-order chi connectivity index (χ0) is 15.5. The van der Waals surface area contributed by atoms with E-state index in [2.05, 4.69) is 15.6 Å². The molecule has 0 spiro atoms. The number of rotatable bonds is 2. The molecule has 110 valence electrons. The predicted molar refractivity (Wildman–Crippen MR) is 73.1 cm³/mol. The van der Waals surface area contributed by atoms with E-state index in [1.165, 1.54) is 12.1 Å². The highest BCUT2D eigenvalue weighted by molar-refractivity contribution is 5.99. The van der Waals surface area contributed by atoms with Gasteiger partial charge in [0.1, 0.15) is 5.82 Å². The lowest BCUT2D eigenvalue weighted by Crippen LogP contribution is -2.20. The number of nitrogens with zero attached hydrogens (tertiary/aromatic N) is 1. The van der Waals surface area contributed by atoms with Gasteiger partial charge in [0.05, 0.1) is 5.56 Å². The Morgan fingerprint density at radius 3 is 2.33 bits per heavy atom. The van der Waals surface area contributed by atoms with Crippen LogP contribution in [-0.4, -0.2) is 11.0 Å². The summed E-state index contributed by atoms with van der Waals surface area (Å²) >= 11 is 0. The molecule has 0 unspecified atom stereocenters. The van der Waals surface area contributed by atoms with Crippen molar-refractivity contribution in [1.82, 2.24) is 4.98 Å². The van der Waals surface area contributed by atoms with E-state index in [1.54, 1.807) is 18.3 Å². The van der Waals surface area contributed by atoms with Crippen LogP contribution in [0, 0.1) is 6.92 Å². The highest BCUT2D eigenvalue weighted by atomic mass is 19.4. The van der Waals surface area contributed by atoms with Gasteiger partial charge in [0.25, 0.3) is 0 Å². The summed E-state index contributed by atoms with van der Waals surface area (Å²) in [4.78, 5) is 15.6. The van der Waals surface area contributed by atoms with Crippen molar-refractivity contribution in [2.24, 2.45) is 0 Å². The molecule has 21 heavy (non-hydrogen) atoms. The van der Waals surface area contributed by atoms with Gasteiger partial charge < -0.3 is 5.32 Å². The first kappa shape index (κ1) is 14.8. The van der Waals surface area contributed by atoms with E-state index in [9.17, 15) is 18.0 Å². The van der Waals surface area contributed by atoms with Gasteiger partial charge >= 0.3 is 12.2 Å². The Bertz CT molecular complexity index is 639. The van der Waals surface area contributed by atoms with Crippen LogP contribution < -0.4 is 10.6 Å². The van der Waals surface area contributed by atoms with Crippen LogP contribution >= 0.6 is 0 Å². The molecule has 0 bridgehead atoms. The predicted octanol–water partition coefficient (Wildman–Crippen LogP) is 4.05. The van der Waals surface area contributed by atoms with Crippen molar-refractivity contribution in [3.63, 3.8) is 0 Å². The van der Waals surface area contributed by atoms with Gasteiger partial charge in [0.2, 0.25) is 0 Å². The molecule has 1 aromatic heterocycles. The fourth-order valence-corrected chi connectivity index (χ4v) is 1.63. The average molecular weight is 295 g/mol. The van der Waals surface area contributed by atoms with Crippen molar-refractivity contribution in [1.29, 1.82) is 0 Å². The maximum absolute atomic E-state index is 12.4. The minimum Gasteiger partial charge on any atom is -0.308 e. The van der Waals surface area contributed by atoms with Crippen LogP contribution in [-0.2, 0) is 6.18 Å². The van der Waals surface area contributed by atoms with Gasteiger partial charge in [-0.2, -0.15) is 13.2 Å². The van der Waals surface area contributed by atoms with Crippen LogP contribution in [0.15, 0.2) is 42.6 Å². The Balaban J connectivity index is 2.00. The molecular formula is C14H12F3N3O. The molecule has 0 saturated carbocycles. The molecular weight excluding hydrogens is 283 g/mol. The Hall–Kier alpha value is -2.57. The molecule has 1 aromatic carbocycles. The van der Waals surface area contributed by atoms with E-state index in [0.29, 0.717) is 5.82 Å². The van der Waals surface area contributed by atoms with Crippen molar-refractivity contribution in [3.8, 4) is 0 Å². The van der Waals surface area contributed by atoms with E-state index in [4.69, 9.17) is 0 Å². The number of pyridine rings is 1. The highest BCUT2D eigenvalue weighted by Gasteiger charge is 2.29. The number of aromatic nitrogens is 1. The van der Waals surface area contributed by atoms with Crippen molar-refractivity contribution in [2.75, 3.05) is 10.6 Å². The summed E-state index contributed by atoms with van der Waals surface area (Å²) in [6, 6.07) is 7.05. The van der Waals surface area contributed by atoms with Crippen molar-refractivity contribution in [3.05, 3.63) is 53.7 Å². The molecule has 0 aliphatic carbocycles. The molecule has 0 fully saturated rings. The molecule has 2 N–H and O–H groups in total. The molecule has 0 saturated heterocycles. The molecule has 0 aliphatic rings. The molecule has 0 radical (unpaired) electrons. The van der Waals surface area contributed by atoms with E-state index in [-0.39, 0.29) is 5.69 Å². The first-order chi connectivity index (χ1) is 9.84. The number of carbonyl (C=O) groups excluding carboxylic acids is 1. The first-order valence-corrected chi connectivity index (χ1v) is 6.02. The van der Waals surface area contributed by atoms with E-state index in [0.717, 1.165) is 17.7 Å². The van der Waals surface area contributed by atoms with Gasteiger partial charge in [0, 0.05) is 11.9 Å². The monoisotopic (exact) mass is 295 g/mol. The van der Waals surface area contributed by atoms with Crippen molar-refractivity contribution in [2.45, 2.75) is 13.1 Å². The third kappa shape index (κ3) is 4.20. The van der Waals surface area contributed by atoms with Gasteiger partial charge in [0.15, 0.2) is 0 Å². The number of carbonyl (C=O) groups is 1. The summed E-state index contributed by atoms with van der Waals surface area (Å²) < 4.78 is 37.2. The number of benzene rings is 1. The number of alkyl halides is 3. The third-order valence-electron chi connectivity index (χ3n) is 2.63. The Morgan fingerprint density at radius 1 is 1.10 bits per heavy atom. The number of nitrogens with one attached hydrogen (secondary N) is 2. The first-order valence-electron chi connectivity index (χ1n) is 6.02. The summed E-state index contributed by atoms with van der Waals surface area (Å²) in [5, 5.41) is 4.92. The third-order valence-corrected chi connectivity index (χ3v) is 2.63. The number of hydrogen-bond donors (Lipinski definition) is 2. The average Bonchev–Trinajstić information content (AvgIpc) is 2.38. The zero-order valence-electron chi connectivity index (χ0n) is 11.0. The standard InChI is InChI=1S/C14H12F3N3O/c1-9-6-7-18-12(8-9)20-13(21)19-11-4-2-10(3-5-11)14(15,16)17/h2-8H,1H3,(H2,18,19,20,21). The van der Waals surface area contributed by atoms with Crippen LogP contribution in [0.4, 0.5) is 29.5 Å². The van der Waals surface area contributed by atoms with Gasteiger partial charge in [-0.15, -0.1) is 0 Å². The second kappa shape index (κ2) is 5.82. The lowest BCUT2D eigenvalue weighted by molar-refractivity contribution is -0.137. The number of aryl methyl sites for hydroxylation is 1. The largest absolute Gasteiger partial charge is 0.416 e. The fraction of sp³-hybridized carbons (Fsp3) is 0.143. The lowest BCUT2D eigenvalue weighted by atomic mass is 10.2. The van der Waals surface area contributed by atoms with Crippen LogP contribution in [0.2, 0.25) is 0 Å². The lowest BCUT2D eigenvalue weighted by Gasteiger charge is -2.09. The Morgan fingerprint density at radius 2 is 1.76 bits per heavy atom. The highest BCUT2D eigenvalue weighted by Crippen LogP contribution is 2.29. The fourth-order valence-electron chi connectivity index (χ4n) is 1.63.